The van der Waals surface area contributed by atoms with Crippen molar-refractivity contribution >= 4 is 23.4 Å². The molecule has 0 unspecified atom stereocenters. The number of amides is 1. The Hall–Kier alpha value is -1.26. The minimum atomic E-state index is -0.755. The number of rotatable bonds is 2. The SMILES string of the molecule is CC(C)(C)OC(=O)Nc1cc(C2(O)CC2)ccc1Cl. The van der Waals surface area contributed by atoms with Crippen molar-refractivity contribution in [1.29, 1.82) is 0 Å². The van der Waals surface area contributed by atoms with Crippen molar-refractivity contribution in [3.63, 3.8) is 0 Å². The second kappa shape index (κ2) is 4.69. The summed E-state index contributed by atoms with van der Waals surface area (Å²) in [4.78, 5) is 11.7. The first kappa shape index (κ1) is 14.2. The lowest BCUT2D eigenvalue weighted by atomic mass is 10.1. The smallest absolute Gasteiger partial charge is 0.412 e. The van der Waals surface area contributed by atoms with Crippen LogP contribution in [-0.2, 0) is 10.3 Å². The van der Waals surface area contributed by atoms with Crippen molar-refractivity contribution in [2.45, 2.75) is 44.8 Å². The summed E-state index contributed by atoms with van der Waals surface area (Å²) in [6, 6.07) is 5.13. The molecule has 104 valence electrons. The molecule has 1 fully saturated rings. The fraction of sp³-hybridized carbons (Fsp3) is 0.500. The molecule has 1 aromatic carbocycles. The molecule has 0 aromatic heterocycles. The number of ether oxygens (including phenoxy) is 1. The third-order valence-electron chi connectivity index (χ3n) is 2.86. The third-order valence-corrected chi connectivity index (χ3v) is 3.19. The highest BCUT2D eigenvalue weighted by Crippen LogP contribution is 2.46. The van der Waals surface area contributed by atoms with Crippen molar-refractivity contribution in [3.8, 4) is 0 Å². The van der Waals surface area contributed by atoms with Crippen molar-refractivity contribution in [1.82, 2.24) is 0 Å². The molecule has 5 heteroatoms. The molecule has 1 aromatic rings. The molecule has 19 heavy (non-hydrogen) atoms. The Kier molecular flexibility index (Phi) is 3.49. The molecule has 0 spiro atoms. The summed E-state index contributed by atoms with van der Waals surface area (Å²) in [5, 5.41) is 13.1. The largest absolute Gasteiger partial charge is 0.444 e. The van der Waals surface area contributed by atoms with E-state index in [1.54, 1.807) is 39.0 Å². The molecule has 0 radical (unpaired) electrons. The van der Waals surface area contributed by atoms with Gasteiger partial charge in [0.05, 0.1) is 16.3 Å². The van der Waals surface area contributed by atoms with Gasteiger partial charge in [-0.15, -0.1) is 0 Å². The Morgan fingerprint density at radius 1 is 1.42 bits per heavy atom. The fourth-order valence-electron chi connectivity index (χ4n) is 1.73. The Balaban J connectivity index is 2.13. The van der Waals surface area contributed by atoms with E-state index in [0.29, 0.717) is 10.7 Å². The standard InChI is InChI=1S/C14H18ClNO3/c1-13(2,3)19-12(17)16-11-8-9(4-5-10(11)15)14(18)6-7-14/h4-5,8,18H,6-7H2,1-3H3,(H,16,17). The molecule has 0 saturated heterocycles. The van der Waals surface area contributed by atoms with Gasteiger partial charge in [-0.25, -0.2) is 4.79 Å². The molecule has 0 atom stereocenters. The van der Waals surface area contributed by atoms with Gasteiger partial charge in [-0.05, 0) is 51.3 Å². The average molecular weight is 284 g/mol. The van der Waals surface area contributed by atoms with E-state index in [-0.39, 0.29) is 0 Å². The third kappa shape index (κ3) is 3.61. The maximum atomic E-state index is 11.7. The highest BCUT2D eigenvalue weighted by atomic mass is 35.5. The van der Waals surface area contributed by atoms with Crippen LogP contribution in [0.4, 0.5) is 10.5 Å². The van der Waals surface area contributed by atoms with Crippen LogP contribution in [0.5, 0.6) is 0 Å². The number of nitrogens with one attached hydrogen (secondary N) is 1. The Labute approximate surface area is 117 Å². The monoisotopic (exact) mass is 283 g/mol. The van der Waals surface area contributed by atoms with Gasteiger partial charge in [0, 0.05) is 0 Å². The zero-order valence-corrected chi connectivity index (χ0v) is 12.0. The molecule has 0 bridgehead atoms. The quantitative estimate of drug-likeness (QED) is 0.871. The summed E-state index contributed by atoms with van der Waals surface area (Å²) >= 11 is 6.03. The van der Waals surface area contributed by atoms with Crippen LogP contribution in [0.25, 0.3) is 0 Å². The predicted molar refractivity (Wildman–Crippen MR) is 74.4 cm³/mol. The van der Waals surface area contributed by atoms with Gasteiger partial charge in [-0.1, -0.05) is 17.7 Å². The lowest BCUT2D eigenvalue weighted by Gasteiger charge is -2.20. The van der Waals surface area contributed by atoms with Crippen LogP contribution < -0.4 is 5.32 Å². The molecule has 1 aliphatic rings. The molecular formula is C14H18ClNO3. The Morgan fingerprint density at radius 2 is 2.05 bits per heavy atom. The average Bonchev–Trinajstić information content (AvgIpc) is 2.98. The molecule has 2 N–H and O–H groups in total. The van der Waals surface area contributed by atoms with E-state index in [1.165, 1.54) is 0 Å². The van der Waals surface area contributed by atoms with E-state index in [0.717, 1.165) is 18.4 Å². The maximum Gasteiger partial charge on any atom is 0.412 e. The number of carbonyl (C=O) groups excluding carboxylic acids is 1. The number of hydrogen-bond acceptors (Lipinski definition) is 3. The first-order valence-electron chi connectivity index (χ1n) is 6.22. The molecular weight excluding hydrogens is 266 g/mol. The number of benzene rings is 1. The molecule has 0 aliphatic heterocycles. The van der Waals surface area contributed by atoms with Crippen LogP contribution >= 0.6 is 11.6 Å². The van der Waals surface area contributed by atoms with Gasteiger partial charge in [0.25, 0.3) is 0 Å². The van der Waals surface area contributed by atoms with Gasteiger partial charge in [-0.2, -0.15) is 0 Å². The summed E-state index contributed by atoms with van der Waals surface area (Å²) in [7, 11) is 0. The van der Waals surface area contributed by atoms with Crippen LogP contribution in [0.2, 0.25) is 5.02 Å². The van der Waals surface area contributed by atoms with E-state index < -0.39 is 17.3 Å². The van der Waals surface area contributed by atoms with Crippen LogP contribution in [0.15, 0.2) is 18.2 Å². The van der Waals surface area contributed by atoms with Crippen LogP contribution in [0.1, 0.15) is 39.2 Å². The first-order valence-corrected chi connectivity index (χ1v) is 6.60. The molecule has 1 saturated carbocycles. The number of anilines is 1. The summed E-state index contributed by atoms with van der Waals surface area (Å²) < 4.78 is 5.17. The molecule has 1 amide bonds. The lowest BCUT2D eigenvalue weighted by molar-refractivity contribution is 0.0635. The van der Waals surface area contributed by atoms with E-state index in [2.05, 4.69) is 5.32 Å². The van der Waals surface area contributed by atoms with Crippen molar-refractivity contribution in [3.05, 3.63) is 28.8 Å². The summed E-state index contributed by atoms with van der Waals surface area (Å²) in [5.41, 5.74) is -0.102. The predicted octanol–water partition coefficient (Wildman–Crippen LogP) is 3.67. The molecule has 4 nitrogen and oxygen atoms in total. The second-order valence-corrected chi connectivity index (χ2v) is 6.26. The zero-order valence-electron chi connectivity index (χ0n) is 11.3. The topological polar surface area (TPSA) is 58.6 Å². The van der Waals surface area contributed by atoms with Crippen molar-refractivity contribution in [2.75, 3.05) is 5.32 Å². The number of hydrogen-bond donors (Lipinski definition) is 2. The van der Waals surface area contributed by atoms with Crippen molar-refractivity contribution in [2.24, 2.45) is 0 Å². The fourth-order valence-corrected chi connectivity index (χ4v) is 1.90. The molecule has 1 aliphatic carbocycles. The minimum absolute atomic E-state index is 0.416. The highest BCUT2D eigenvalue weighted by molar-refractivity contribution is 6.33. The zero-order chi connectivity index (χ0) is 14.3. The second-order valence-electron chi connectivity index (χ2n) is 5.85. The van der Waals surface area contributed by atoms with Gasteiger partial charge in [0.2, 0.25) is 0 Å². The first-order chi connectivity index (χ1) is 8.70. The van der Waals surface area contributed by atoms with Gasteiger partial charge >= 0.3 is 6.09 Å². The van der Waals surface area contributed by atoms with Gasteiger partial charge in [0.15, 0.2) is 0 Å². The van der Waals surface area contributed by atoms with Gasteiger partial charge in [0.1, 0.15) is 5.60 Å². The number of halogens is 1. The summed E-state index contributed by atoms with van der Waals surface area (Å²) in [6.07, 6.45) is 0.912. The van der Waals surface area contributed by atoms with E-state index in [9.17, 15) is 9.90 Å². The summed E-state index contributed by atoms with van der Waals surface area (Å²) in [5.74, 6) is 0. The lowest BCUT2D eigenvalue weighted by Crippen LogP contribution is -2.27. The van der Waals surface area contributed by atoms with Crippen LogP contribution in [0.3, 0.4) is 0 Å². The summed E-state index contributed by atoms with van der Waals surface area (Å²) in [6.45, 7) is 5.37. The minimum Gasteiger partial charge on any atom is -0.444 e. The Bertz CT molecular complexity index is 504. The van der Waals surface area contributed by atoms with Crippen LogP contribution in [-0.4, -0.2) is 16.8 Å². The van der Waals surface area contributed by atoms with E-state index in [1.807, 2.05) is 0 Å². The molecule has 2 rings (SSSR count). The maximum absolute atomic E-state index is 11.7. The Morgan fingerprint density at radius 3 is 2.58 bits per heavy atom. The van der Waals surface area contributed by atoms with E-state index >= 15 is 0 Å². The van der Waals surface area contributed by atoms with Gasteiger partial charge < -0.3 is 9.84 Å². The van der Waals surface area contributed by atoms with E-state index in [4.69, 9.17) is 16.3 Å². The molecule has 0 heterocycles. The number of aliphatic hydroxyl groups is 1. The van der Waals surface area contributed by atoms with Gasteiger partial charge in [-0.3, -0.25) is 5.32 Å². The van der Waals surface area contributed by atoms with Crippen molar-refractivity contribution < 1.29 is 14.6 Å². The highest BCUT2D eigenvalue weighted by Gasteiger charge is 2.42. The normalized spacial score (nSPS) is 16.9. The number of carbonyl (C=O) groups is 1. The van der Waals surface area contributed by atoms with Crippen LogP contribution in [0, 0.1) is 0 Å².